The summed E-state index contributed by atoms with van der Waals surface area (Å²) in [5, 5.41) is 9.96. The summed E-state index contributed by atoms with van der Waals surface area (Å²) >= 11 is 0. The molecule has 2 aromatic heterocycles. The number of benzene rings is 1. The van der Waals surface area contributed by atoms with E-state index in [1.165, 1.54) is 6.33 Å². The third-order valence-electron chi connectivity index (χ3n) is 9.36. The predicted molar refractivity (Wildman–Crippen MR) is 189 cm³/mol. The first kappa shape index (κ1) is 36.9. The van der Waals surface area contributed by atoms with Crippen LogP contribution in [0.5, 0.6) is 0 Å². The van der Waals surface area contributed by atoms with Crippen LogP contribution in [0, 0.1) is 0 Å². The molecular weight excluding hydrogens is 651 g/mol. The molecule has 6 amide bonds. The topological polar surface area (TPSA) is 197 Å². The second-order valence-electron chi connectivity index (χ2n) is 14.9. The normalized spacial score (nSPS) is 20.4. The molecule has 1 aromatic carbocycles. The van der Waals surface area contributed by atoms with Gasteiger partial charge in [-0.15, -0.1) is 0 Å². The molecule has 0 radical (unpaired) electrons. The van der Waals surface area contributed by atoms with Gasteiger partial charge in [-0.1, -0.05) is 59.7 Å². The molecule has 17 heteroatoms. The van der Waals surface area contributed by atoms with E-state index in [-0.39, 0.29) is 22.4 Å². The molecule has 0 bridgehead atoms. The second kappa shape index (κ2) is 13.9. The second-order valence-corrected chi connectivity index (χ2v) is 24.5. The highest BCUT2D eigenvalue weighted by molar-refractivity contribution is 6.74. The van der Waals surface area contributed by atoms with Crippen molar-refractivity contribution >= 4 is 57.4 Å². The molecule has 1 aliphatic rings. The van der Waals surface area contributed by atoms with Gasteiger partial charge in [-0.25, -0.2) is 29.3 Å². The number of imide groups is 1. The van der Waals surface area contributed by atoms with Crippen LogP contribution >= 0.6 is 0 Å². The average Bonchev–Trinajstić information content (AvgIpc) is 3.52. The number of imidazole rings is 1. The first-order chi connectivity index (χ1) is 22.2. The summed E-state index contributed by atoms with van der Waals surface area (Å²) in [6.45, 7) is 21.5. The lowest BCUT2D eigenvalue weighted by atomic mass is 10.1. The van der Waals surface area contributed by atoms with Crippen LogP contribution in [0.1, 0.15) is 47.8 Å². The van der Waals surface area contributed by atoms with Crippen LogP contribution in [0.4, 0.5) is 25.9 Å². The molecule has 1 fully saturated rings. The number of nitrogens with one attached hydrogen (secondary N) is 4. The lowest BCUT2D eigenvalue weighted by Crippen LogP contribution is -2.55. The van der Waals surface area contributed by atoms with Gasteiger partial charge in [0.25, 0.3) is 0 Å². The van der Waals surface area contributed by atoms with Crippen molar-refractivity contribution in [3.05, 3.63) is 43.0 Å². The molecule has 15 nitrogen and oxygen atoms in total. The van der Waals surface area contributed by atoms with Crippen LogP contribution in [0.2, 0.25) is 36.3 Å². The highest BCUT2D eigenvalue weighted by atomic mass is 28.4. The van der Waals surface area contributed by atoms with E-state index >= 15 is 0 Å². The number of primary amides is 1. The SMILES string of the molecule is CC(C)(C)[Si](C)(C)OC1[C@@H](CNC(=O)NC(N)=O)O[C@@H](n2cnc3c(NC(=O)Nc4ccccc4)ncnc32)[C@H]1O[Si](C)(C)C(C)(C)C. The summed E-state index contributed by atoms with van der Waals surface area (Å²) in [4.78, 5) is 50.0. The molecular formula is C31H49N9O6Si2. The Morgan fingerprint density at radius 2 is 1.48 bits per heavy atom. The Bertz CT molecular complexity index is 1620. The van der Waals surface area contributed by atoms with Crippen molar-refractivity contribution in [1.29, 1.82) is 0 Å². The molecule has 4 rings (SSSR count). The average molecular weight is 700 g/mol. The molecule has 1 unspecified atom stereocenters. The van der Waals surface area contributed by atoms with Crippen LogP contribution < -0.4 is 27.0 Å². The fourth-order valence-electron chi connectivity index (χ4n) is 4.67. The van der Waals surface area contributed by atoms with Gasteiger partial charge in [0, 0.05) is 12.2 Å². The minimum Gasteiger partial charge on any atom is -0.408 e. The standard InChI is InChI=1S/C31H49N9O6Si2/c1-30(2,3)47(7,8)45-22-20(16-33-28(42)39-27(32)41)44-26(23(22)46-48(9,10)31(4,5)6)40-18-36-21-24(34-17-35-25(21)40)38-29(43)37-19-14-12-11-13-15-19/h11-15,17-18,20,22-23,26H,16H2,1-10H3,(H4,32,33,39,41,42)(H2,34,35,37,38,43)/t20-,22?,23+,26-/m1/s1. The predicted octanol–water partition coefficient (Wildman–Crippen LogP) is 5.53. The lowest BCUT2D eigenvalue weighted by Gasteiger charge is -2.44. The van der Waals surface area contributed by atoms with E-state index < -0.39 is 59.3 Å². The van der Waals surface area contributed by atoms with Crippen molar-refractivity contribution in [2.45, 2.75) is 102 Å². The van der Waals surface area contributed by atoms with Crippen molar-refractivity contribution in [2.75, 3.05) is 17.2 Å². The molecule has 6 N–H and O–H groups in total. The maximum Gasteiger partial charge on any atom is 0.324 e. The van der Waals surface area contributed by atoms with Gasteiger partial charge in [-0.05, 0) is 48.4 Å². The number of hydrogen-bond donors (Lipinski definition) is 5. The molecule has 262 valence electrons. The van der Waals surface area contributed by atoms with Crippen molar-refractivity contribution in [2.24, 2.45) is 5.73 Å². The molecule has 3 heterocycles. The van der Waals surface area contributed by atoms with Gasteiger partial charge in [-0.3, -0.25) is 15.2 Å². The molecule has 0 saturated carbocycles. The number of ether oxygens (including phenoxy) is 1. The number of anilines is 2. The lowest BCUT2D eigenvalue weighted by molar-refractivity contribution is -0.0301. The number of carbonyl (C=O) groups excluding carboxylic acids is 3. The van der Waals surface area contributed by atoms with Gasteiger partial charge in [0.15, 0.2) is 39.8 Å². The highest BCUT2D eigenvalue weighted by Gasteiger charge is 2.54. The fraction of sp³-hybridized carbons (Fsp3) is 0.548. The monoisotopic (exact) mass is 699 g/mol. The van der Waals surface area contributed by atoms with Crippen molar-refractivity contribution in [1.82, 2.24) is 30.2 Å². The van der Waals surface area contributed by atoms with Crippen molar-refractivity contribution < 1.29 is 28.0 Å². The van der Waals surface area contributed by atoms with E-state index in [0.717, 1.165) is 0 Å². The summed E-state index contributed by atoms with van der Waals surface area (Å²) < 4.78 is 22.6. The number of para-hydroxylation sites is 1. The number of carbonyl (C=O) groups is 3. The Kier molecular flexibility index (Phi) is 10.7. The Morgan fingerprint density at radius 3 is 2.06 bits per heavy atom. The summed E-state index contributed by atoms with van der Waals surface area (Å²) in [7, 11) is -4.89. The van der Waals surface area contributed by atoms with Crippen LogP contribution in [0.15, 0.2) is 43.0 Å². The van der Waals surface area contributed by atoms with Crippen molar-refractivity contribution in [3.63, 3.8) is 0 Å². The number of amides is 6. The number of rotatable bonds is 9. The highest BCUT2D eigenvalue weighted by Crippen LogP contribution is 2.46. The Morgan fingerprint density at radius 1 is 0.875 bits per heavy atom. The molecule has 0 spiro atoms. The van der Waals surface area contributed by atoms with E-state index in [4.69, 9.17) is 19.3 Å². The smallest absolute Gasteiger partial charge is 0.324 e. The quantitative estimate of drug-likeness (QED) is 0.178. The fourth-order valence-corrected chi connectivity index (χ4v) is 7.27. The number of aromatic nitrogens is 4. The van der Waals surface area contributed by atoms with Gasteiger partial charge < -0.3 is 30.0 Å². The van der Waals surface area contributed by atoms with Gasteiger partial charge in [0.1, 0.15) is 24.6 Å². The maximum atomic E-state index is 12.8. The summed E-state index contributed by atoms with van der Waals surface area (Å²) in [6.07, 6.45) is 0.180. The van der Waals surface area contributed by atoms with Gasteiger partial charge in [0.2, 0.25) is 0 Å². The number of urea groups is 3. The number of fused-ring (bicyclic) bond motifs is 1. The Balaban J connectivity index is 1.75. The van der Waals surface area contributed by atoms with Crippen LogP contribution in [0.25, 0.3) is 11.2 Å². The zero-order valence-corrected chi connectivity index (χ0v) is 31.4. The van der Waals surface area contributed by atoms with Crippen LogP contribution in [-0.4, -0.2) is 79.1 Å². The van der Waals surface area contributed by atoms with Crippen LogP contribution in [0.3, 0.4) is 0 Å². The number of nitrogens with two attached hydrogens (primary N) is 1. The van der Waals surface area contributed by atoms with E-state index in [0.29, 0.717) is 16.9 Å². The van der Waals surface area contributed by atoms with E-state index in [1.807, 2.05) is 23.5 Å². The zero-order valence-electron chi connectivity index (χ0n) is 29.4. The third kappa shape index (κ3) is 8.38. The Labute approximate surface area is 283 Å². The van der Waals surface area contributed by atoms with E-state index in [9.17, 15) is 14.4 Å². The summed E-state index contributed by atoms with van der Waals surface area (Å²) in [6, 6.07) is 6.82. The summed E-state index contributed by atoms with van der Waals surface area (Å²) in [5.74, 6) is 0.211. The number of nitrogens with zero attached hydrogens (tertiary/aromatic N) is 4. The molecule has 1 aliphatic heterocycles. The first-order valence-corrected chi connectivity index (χ1v) is 21.7. The van der Waals surface area contributed by atoms with Gasteiger partial charge in [-0.2, -0.15) is 0 Å². The first-order valence-electron chi connectivity index (χ1n) is 15.9. The largest absolute Gasteiger partial charge is 0.408 e. The Hall–Kier alpha value is -3.91. The van der Waals surface area contributed by atoms with E-state index in [1.54, 1.807) is 23.0 Å². The molecule has 1 saturated heterocycles. The minimum atomic E-state index is -2.46. The maximum absolute atomic E-state index is 12.8. The van der Waals surface area contributed by atoms with E-state index in [2.05, 4.69) is 98.6 Å². The molecule has 0 aliphatic carbocycles. The zero-order chi connectivity index (χ0) is 35.7. The van der Waals surface area contributed by atoms with Gasteiger partial charge in [0.05, 0.1) is 6.33 Å². The summed E-state index contributed by atoms with van der Waals surface area (Å²) in [5.41, 5.74) is 6.53. The number of hydrogen-bond acceptors (Lipinski definition) is 9. The molecule has 48 heavy (non-hydrogen) atoms. The van der Waals surface area contributed by atoms with Crippen molar-refractivity contribution in [3.8, 4) is 0 Å². The third-order valence-corrected chi connectivity index (χ3v) is 18.3. The molecule has 4 atom stereocenters. The minimum absolute atomic E-state index is 0.000339. The van der Waals surface area contributed by atoms with Crippen LogP contribution in [-0.2, 0) is 13.6 Å². The molecule has 3 aromatic rings. The van der Waals surface area contributed by atoms with Gasteiger partial charge >= 0.3 is 18.1 Å².